The molecule has 0 spiro atoms. The third-order valence-corrected chi connectivity index (χ3v) is 5.42. The van der Waals surface area contributed by atoms with E-state index in [4.69, 9.17) is 23.6 Å². The van der Waals surface area contributed by atoms with Gasteiger partial charge in [-0.1, -0.05) is 0 Å². The number of nitrogens with zero attached hydrogens (tertiary/aromatic N) is 2. The van der Waals surface area contributed by atoms with Gasteiger partial charge in [0.15, 0.2) is 5.96 Å². The van der Waals surface area contributed by atoms with Crippen LogP contribution >= 0.6 is 24.0 Å². The number of hydrogen-bond donors (Lipinski definition) is 2. The van der Waals surface area contributed by atoms with E-state index in [9.17, 15) is 0 Å². The Morgan fingerprint density at radius 2 is 1.88 bits per heavy atom. The molecule has 2 heterocycles. The summed E-state index contributed by atoms with van der Waals surface area (Å²) >= 11 is 0. The van der Waals surface area contributed by atoms with Crippen molar-refractivity contribution < 1.29 is 18.6 Å². The van der Waals surface area contributed by atoms with E-state index in [2.05, 4.69) is 34.6 Å². The zero-order chi connectivity index (χ0) is 22.6. The van der Waals surface area contributed by atoms with Crippen molar-refractivity contribution in [3.05, 3.63) is 42.4 Å². The van der Waals surface area contributed by atoms with Gasteiger partial charge in [0.2, 0.25) is 0 Å². The zero-order valence-electron chi connectivity index (χ0n) is 19.8. The summed E-state index contributed by atoms with van der Waals surface area (Å²) in [4.78, 5) is 7.09. The molecule has 0 radical (unpaired) electrons. The largest absolute Gasteiger partial charge is 0.497 e. The summed E-state index contributed by atoms with van der Waals surface area (Å²) in [6, 6.07) is 10.2. The van der Waals surface area contributed by atoms with Crippen molar-refractivity contribution in [3.63, 3.8) is 0 Å². The van der Waals surface area contributed by atoms with E-state index in [1.54, 1.807) is 20.5 Å². The molecule has 1 saturated heterocycles. The lowest BCUT2D eigenvalue weighted by atomic mass is 10.0. The molecular formula is C24H37IN4O4. The lowest BCUT2D eigenvalue weighted by molar-refractivity contribution is 0.105. The fourth-order valence-electron chi connectivity index (χ4n) is 3.70. The summed E-state index contributed by atoms with van der Waals surface area (Å²) < 4.78 is 21.7. The van der Waals surface area contributed by atoms with Gasteiger partial charge in [-0.25, -0.2) is 0 Å². The molecule has 8 nitrogen and oxygen atoms in total. The molecule has 184 valence electrons. The van der Waals surface area contributed by atoms with E-state index < -0.39 is 0 Å². The highest BCUT2D eigenvalue weighted by Gasteiger charge is 2.21. The van der Waals surface area contributed by atoms with Crippen LogP contribution in [0.5, 0.6) is 11.5 Å². The van der Waals surface area contributed by atoms with Crippen LogP contribution in [-0.4, -0.2) is 59.0 Å². The molecule has 2 N–H and O–H groups in total. The lowest BCUT2D eigenvalue weighted by Crippen LogP contribution is -2.48. The Balaban J connectivity index is 0.00000385. The van der Waals surface area contributed by atoms with E-state index in [0.717, 1.165) is 74.3 Å². The maximum atomic E-state index is 5.63. The second-order valence-corrected chi connectivity index (χ2v) is 7.72. The normalized spacial score (nSPS) is 14.5. The van der Waals surface area contributed by atoms with Crippen LogP contribution < -0.4 is 25.0 Å². The molecule has 1 aromatic carbocycles. The smallest absolute Gasteiger partial charge is 0.191 e. The van der Waals surface area contributed by atoms with Crippen molar-refractivity contribution >= 4 is 35.6 Å². The SMILES string of the molecule is CCNC(=NCCCOCc1ccco1)NC1CCN(c2cc(OC)cc(OC)c2)CC1.I. The van der Waals surface area contributed by atoms with E-state index in [1.807, 2.05) is 18.2 Å². The van der Waals surface area contributed by atoms with E-state index in [-0.39, 0.29) is 24.0 Å². The minimum Gasteiger partial charge on any atom is -0.497 e. The number of guanidine groups is 1. The summed E-state index contributed by atoms with van der Waals surface area (Å²) in [5, 5.41) is 6.95. The van der Waals surface area contributed by atoms with Crippen LogP contribution in [0.4, 0.5) is 5.69 Å². The number of halogens is 1. The molecule has 0 saturated carbocycles. The fourth-order valence-corrected chi connectivity index (χ4v) is 3.70. The quantitative estimate of drug-likeness (QED) is 0.182. The average Bonchev–Trinajstić information content (AvgIpc) is 3.35. The second kappa shape index (κ2) is 14.9. The van der Waals surface area contributed by atoms with Gasteiger partial charge < -0.3 is 34.2 Å². The zero-order valence-corrected chi connectivity index (χ0v) is 22.2. The number of benzene rings is 1. The summed E-state index contributed by atoms with van der Waals surface area (Å²) in [5.74, 6) is 3.35. The number of nitrogens with one attached hydrogen (secondary N) is 2. The Bertz CT molecular complexity index is 802. The molecule has 0 atom stereocenters. The van der Waals surface area contributed by atoms with E-state index in [0.29, 0.717) is 19.3 Å². The van der Waals surface area contributed by atoms with Crippen molar-refractivity contribution in [2.24, 2.45) is 4.99 Å². The minimum absolute atomic E-state index is 0. The minimum atomic E-state index is 0. The van der Waals surface area contributed by atoms with Crippen LogP contribution in [0.1, 0.15) is 31.9 Å². The molecule has 0 unspecified atom stereocenters. The maximum Gasteiger partial charge on any atom is 0.191 e. The third kappa shape index (κ3) is 8.96. The van der Waals surface area contributed by atoms with Gasteiger partial charge in [0.25, 0.3) is 0 Å². The van der Waals surface area contributed by atoms with Gasteiger partial charge in [0.05, 0.1) is 20.5 Å². The Morgan fingerprint density at radius 1 is 1.15 bits per heavy atom. The molecule has 0 aliphatic carbocycles. The van der Waals surface area contributed by atoms with Crippen LogP contribution in [0, 0.1) is 0 Å². The predicted molar refractivity (Wildman–Crippen MR) is 142 cm³/mol. The molecule has 0 bridgehead atoms. The lowest BCUT2D eigenvalue weighted by Gasteiger charge is -2.34. The molecular weight excluding hydrogens is 535 g/mol. The van der Waals surface area contributed by atoms with Crippen LogP contribution in [0.2, 0.25) is 0 Å². The van der Waals surface area contributed by atoms with Gasteiger partial charge in [-0.3, -0.25) is 4.99 Å². The molecule has 1 aliphatic rings. The Labute approximate surface area is 214 Å². The molecule has 33 heavy (non-hydrogen) atoms. The number of piperidine rings is 1. The number of rotatable bonds is 11. The van der Waals surface area contributed by atoms with Gasteiger partial charge in [0, 0.05) is 62.7 Å². The Morgan fingerprint density at radius 3 is 2.48 bits per heavy atom. The first-order valence-corrected chi connectivity index (χ1v) is 11.3. The molecule has 3 rings (SSSR count). The molecule has 1 fully saturated rings. The number of furan rings is 1. The summed E-state index contributed by atoms with van der Waals surface area (Å²) in [6.07, 6.45) is 4.61. The van der Waals surface area contributed by atoms with Crippen LogP contribution in [-0.2, 0) is 11.3 Å². The summed E-state index contributed by atoms with van der Waals surface area (Å²) in [6.45, 7) is 6.74. The van der Waals surface area contributed by atoms with Gasteiger partial charge >= 0.3 is 0 Å². The topological polar surface area (TPSA) is 80.5 Å². The van der Waals surface area contributed by atoms with Crippen LogP contribution in [0.3, 0.4) is 0 Å². The van der Waals surface area contributed by atoms with Crippen molar-refractivity contribution in [1.82, 2.24) is 10.6 Å². The monoisotopic (exact) mass is 572 g/mol. The van der Waals surface area contributed by atoms with Crippen molar-refractivity contribution in [2.75, 3.05) is 51.9 Å². The second-order valence-electron chi connectivity index (χ2n) is 7.72. The van der Waals surface area contributed by atoms with Crippen molar-refractivity contribution in [1.29, 1.82) is 0 Å². The van der Waals surface area contributed by atoms with Crippen LogP contribution in [0.15, 0.2) is 46.0 Å². The first-order chi connectivity index (χ1) is 15.7. The first-order valence-electron chi connectivity index (χ1n) is 11.3. The molecule has 1 aliphatic heterocycles. The van der Waals surface area contributed by atoms with Crippen LogP contribution in [0.25, 0.3) is 0 Å². The number of hydrogen-bond acceptors (Lipinski definition) is 6. The van der Waals surface area contributed by atoms with Gasteiger partial charge in [0.1, 0.15) is 23.9 Å². The van der Waals surface area contributed by atoms with Gasteiger partial charge in [-0.2, -0.15) is 0 Å². The number of aliphatic imine (C=N–C) groups is 1. The fraction of sp³-hybridized carbons (Fsp3) is 0.542. The highest BCUT2D eigenvalue weighted by Crippen LogP contribution is 2.30. The Hall–Kier alpha value is -2.14. The van der Waals surface area contributed by atoms with Crippen molar-refractivity contribution in [3.8, 4) is 11.5 Å². The molecule has 0 amide bonds. The first kappa shape index (κ1) is 27.1. The summed E-state index contributed by atoms with van der Waals surface area (Å²) in [5.41, 5.74) is 1.13. The van der Waals surface area contributed by atoms with Gasteiger partial charge in [-0.05, 0) is 38.3 Å². The molecule has 9 heteroatoms. The summed E-state index contributed by atoms with van der Waals surface area (Å²) in [7, 11) is 3.36. The Kier molecular flexibility index (Phi) is 12.2. The predicted octanol–water partition coefficient (Wildman–Crippen LogP) is 4.05. The highest BCUT2D eigenvalue weighted by atomic mass is 127. The maximum absolute atomic E-state index is 5.63. The van der Waals surface area contributed by atoms with E-state index >= 15 is 0 Å². The standard InChI is InChI=1S/C24H36N4O4.HI/c1-4-25-24(26-10-6-13-31-18-21-7-5-14-32-21)27-19-8-11-28(12-9-19)20-15-22(29-2)17-23(16-20)30-3;/h5,7,14-17,19H,4,6,8-13,18H2,1-3H3,(H2,25,26,27);1H. The average molecular weight is 572 g/mol. The molecule has 1 aromatic heterocycles. The van der Waals surface area contributed by atoms with E-state index in [1.165, 1.54) is 0 Å². The highest BCUT2D eigenvalue weighted by molar-refractivity contribution is 14.0. The number of anilines is 1. The van der Waals surface area contributed by atoms with Gasteiger partial charge in [-0.15, -0.1) is 24.0 Å². The third-order valence-electron chi connectivity index (χ3n) is 5.42. The number of ether oxygens (including phenoxy) is 3. The molecule has 2 aromatic rings. The number of methoxy groups -OCH3 is 2. The van der Waals surface area contributed by atoms with Crippen molar-refractivity contribution in [2.45, 2.75) is 38.8 Å².